The minimum Gasteiger partial charge on any atom is -0.495 e. The molecule has 0 aromatic carbocycles. The first-order valence-electron chi connectivity index (χ1n) is 4.94. The molecule has 0 bridgehead atoms. The van der Waals surface area contributed by atoms with Gasteiger partial charge in [-0.15, -0.1) is 0 Å². The van der Waals surface area contributed by atoms with Crippen LogP contribution in [0.1, 0.15) is 18.1 Å². The maximum Gasteiger partial charge on any atom is 0.308 e. The Labute approximate surface area is 99.1 Å². The van der Waals surface area contributed by atoms with E-state index in [4.69, 9.17) is 9.47 Å². The summed E-state index contributed by atoms with van der Waals surface area (Å²) < 4.78 is 14.6. The normalized spacial score (nSPS) is 11.8. The quantitative estimate of drug-likeness (QED) is 0.764. The lowest BCUT2D eigenvalue weighted by molar-refractivity contribution is -0.142. The first-order valence-corrected chi connectivity index (χ1v) is 4.94. The van der Waals surface area contributed by atoms with Gasteiger partial charge in [-0.25, -0.2) is 0 Å². The molecule has 94 valence electrons. The number of esters is 1. The van der Waals surface area contributed by atoms with Crippen LogP contribution < -0.4 is 9.47 Å². The van der Waals surface area contributed by atoms with Crippen molar-refractivity contribution in [3.05, 3.63) is 18.0 Å². The fraction of sp³-hybridized carbons (Fsp3) is 0.455. The summed E-state index contributed by atoms with van der Waals surface area (Å²) >= 11 is 0. The van der Waals surface area contributed by atoms with Gasteiger partial charge in [0.05, 0.1) is 51.8 Å². The molecule has 0 aliphatic heterocycles. The summed E-state index contributed by atoms with van der Waals surface area (Å²) in [6.45, 7) is 0. The van der Waals surface area contributed by atoms with Crippen LogP contribution in [0.25, 0.3) is 0 Å². The second-order valence-corrected chi connectivity index (χ2v) is 3.25. The van der Waals surface area contributed by atoms with Crippen LogP contribution in [0.4, 0.5) is 0 Å². The van der Waals surface area contributed by atoms with Crippen molar-refractivity contribution in [3.8, 4) is 11.5 Å². The Kier molecular flexibility index (Phi) is 4.71. The molecule has 1 aromatic rings. The van der Waals surface area contributed by atoms with Gasteiger partial charge in [0.1, 0.15) is 11.5 Å². The van der Waals surface area contributed by atoms with Crippen LogP contribution in [0, 0.1) is 0 Å². The summed E-state index contributed by atoms with van der Waals surface area (Å²) in [4.78, 5) is 15.0. The van der Waals surface area contributed by atoms with Gasteiger partial charge in [-0.2, -0.15) is 0 Å². The molecule has 0 spiro atoms. The largest absolute Gasteiger partial charge is 0.495 e. The zero-order chi connectivity index (χ0) is 12.8. The molecule has 0 unspecified atom stereocenters. The molecule has 1 aromatic heterocycles. The number of aliphatic hydroxyl groups excluding tert-OH is 1. The van der Waals surface area contributed by atoms with Crippen LogP contribution >= 0.6 is 0 Å². The maximum absolute atomic E-state index is 11.1. The number of ether oxygens (including phenoxy) is 3. The molecule has 1 atom stereocenters. The molecule has 1 heterocycles. The predicted octanol–water partition coefficient (Wildman–Crippen LogP) is 0.695. The fourth-order valence-electron chi connectivity index (χ4n) is 1.43. The van der Waals surface area contributed by atoms with E-state index in [0.29, 0.717) is 17.1 Å². The number of rotatable bonds is 5. The molecule has 0 aliphatic carbocycles. The van der Waals surface area contributed by atoms with Gasteiger partial charge in [-0.1, -0.05) is 0 Å². The molecule has 6 nitrogen and oxygen atoms in total. The summed E-state index contributed by atoms with van der Waals surface area (Å²) in [6, 6.07) is 0. The van der Waals surface area contributed by atoms with E-state index in [0.717, 1.165) is 0 Å². The number of carbonyl (C=O) groups excluding carboxylic acids is 1. The molecule has 17 heavy (non-hydrogen) atoms. The van der Waals surface area contributed by atoms with E-state index in [2.05, 4.69) is 9.72 Å². The van der Waals surface area contributed by atoms with Crippen molar-refractivity contribution in [2.75, 3.05) is 21.3 Å². The van der Waals surface area contributed by atoms with Gasteiger partial charge in [0, 0.05) is 0 Å². The van der Waals surface area contributed by atoms with E-state index in [1.807, 2.05) is 0 Å². The van der Waals surface area contributed by atoms with E-state index in [1.165, 1.54) is 33.7 Å². The molecule has 0 saturated carbocycles. The van der Waals surface area contributed by atoms with Gasteiger partial charge < -0.3 is 19.3 Å². The van der Waals surface area contributed by atoms with Gasteiger partial charge in [0.15, 0.2) is 0 Å². The van der Waals surface area contributed by atoms with Crippen molar-refractivity contribution in [2.24, 2.45) is 0 Å². The fourth-order valence-corrected chi connectivity index (χ4v) is 1.43. The molecule has 0 aliphatic rings. The zero-order valence-electron chi connectivity index (χ0n) is 9.97. The Morgan fingerprint density at radius 3 is 2.24 bits per heavy atom. The van der Waals surface area contributed by atoms with Crippen LogP contribution in [0.15, 0.2) is 12.4 Å². The lowest BCUT2D eigenvalue weighted by atomic mass is 10.1. The number of nitrogens with zero attached hydrogens (tertiary/aromatic N) is 1. The molecule has 1 rings (SSSR count). The van der Waals surface area contributed by atoms with Gasteiger partial charge in [0.2, 0.25) is 0 Å². The number of aliphatic hydroxyl groups is 1. The third-order valence-corrected chi connectivity index (χ3v) is 2.28. The monoisotopic (exact) mass is 241 g/mol. The summed E-state index contributed by atoms with van der Waals surface area (Å²) in [7, 11) is 4.16. The third-order valence-electron chi connectivity index (χ3n) is 2.28. The molecule has 0 fully saturated rings. The van der Waals surface area contributed by atoms with E-state index in [1.54, 1.807) is 0 Å². The van der Waals surface area contributed by atoms with E-state index < -0.39 is 12.1 Å². The summed E-state index contributed by atoms with van der Waals surface area (Å²) in [6.07, 6.45) is 1.65. The lowest BCUT2D eigenvalue weighted by Gasteiger charge is -2.16. The molecular weight excluding hydrogens is 226 g/mol. The van der Waals surface area contributed by atoms with Crippen LogP contribution in [-0.2, 0) is 9.53 Å². The van der Waals surface area contributed by atoms with Crippen LogP contribution in [0.3, 0.4) is 0 Å². The van der Waals surface area contributed by atoms with Crippen molar-refractivity contribution in [1.29, 1.82) is 0 Å². The SMILES string of the molecule is COC(=O)C[C@@H](O)c1c(OC)cncc1OC. The second-order valence-electron chi connectivity index (χ2n) is 3.25. The van der Waals surface area contributed by atoms with Gasteiger partial charge in [-0.3, -0.25) is 9.78 Å². The van der Waals surface area contributed by atoms with Crippen molar-refractivity contribution < 1.29 is 24.1 Å². The Balaban J connectivity index is 3.04. The Morgan fingerprint density at radius 2 is 1.82 bits per heavy atom. The van der Waals surface area contributed by atoms with Gasteiger partial charge >= 0.3 is 5.97 Å². The minimum absolute atomic E-state index is 0.173. The third kappa shape index (κ3) is 3.07. The first-order chi connectivity index (χ1) is 8.13. The van der Waals surface area contributed by atoms with Crippen molar-refractivity contribution in [3.63, 3.8) is 0 Å². The topological polar surface area (TPSA) is 77.9 Å². The number of aromatic nitrogens is 1. The number of carbonyl (C=O) groups is 1. The number of hydrogen-bond acceptors (Lipinski definition) is 6. The number of methoxy groups -OCH3 is 3. The van der Waals surface area contributed by atoms with Crippen LogP contribution in [-0.4, -0.2) is 37.4 Å². The van der Waals surface area contributed by atoms with Crippen molar-refractivity contribution in [1.82, 2.24) is 4.98 Å². The number of pyridine rings is 1. The summed E-state index contributed by atoms with van der Waals surface area (Å²) in [5, 5.41) is 9.96. The highest BCUT2D eigenvalue weighted by atomic mass is 16.5. The van der Waals surface area contributed by atoms with E-state index in [9.17, 15) is 9.90 Å². The Hall–Kier alpha value is -1.82. The predicted molar refractivity (Wildman–Crippen MR) is 58.9 cm³/mol. The highest BCUT2D eigenvalue weighted by Gasteiger charge is 2.22. The average Bonchev–Trinajstić information content (AvgIpc) is 2.37. The van der Waals surface area contributed by atoms with Crippen molar-refractivity contribution in [2.45, 2.75) is 12.5 Å². The highest BCUT2D eigenvalue weighted by molar-refractivity contribution is 5.70. The summed E-state index contributed by atoms with van der Waals surface area (Å²) in [5.74, 6) is 0.208. The second kappa shape index (κ2) is 6.05. The molecule has 0 radical (unpaired) electrons. The molecule has 0 saturated heterocycles. The van der Waals surface area contributed by atoms with E-state index in [-0.39, 0.29) is 6.42 Å². The highest BCUT2D eigenvalue weighted by Crippen LogP contribution is 2.34. The smallest absolute Gasteiger partial charge is 0.308 e. The summed E-state index contributed by atoms with van der Waals surface area (Å²) in [5.41, 5.74) is 0.385. The zero-order valence-corrected chi connectivity index (χ0v) is 9.97. The Bertz CT molecular complexity index is 371. The van der Waals surface area contributed by atoms with Crippen LogP contribution in [0.2, 0.25) is 0 Å². The Morgan fingerprint density at radius 1 is 1.29 bits per heavy atom. The van der Waals surface area contributed by atoms with Gasteiger partial charge in [0.25, 0.3) is 0 Å². The molecule has 1 N–H and O–H groups in total. The van der Waals surface area contributed by atoms with Gasteiger partial charge in [-0.05, 0) is 0 Å². The first kappa shape index (κ1) is 13.2. The number of hydrogen-bond donors (Lipinski definition) is 1. The molecule has 6 heteroatoms. The maximum atomic E-state index is 11.1. The molecule has 0 amide bonds. The minimum atomic E-state index is -1.06. The average molecular weight is 241 g/mol. The lowest BCUT2D eigenvalue weighted by Crippen LogP contribution is -2.10. The molecular formula is C11H15NO5. The standard InChI is InChI=1S/C11H15NO5/c1-15-8-5-12-6-9(16-2)11(8)7(13)4-10(14)17-3/h5-7,13H,4H2,1-3H3/t7-/m1/s1. The van der Waals surface area contributed by atoms with Crippen molar-refractivity contribution >= 4 is 5.97 Å². The van der Waals surface area contributed by atoms with Crippen LogP contribution in [0.5, 0.6) is 11.5 Å². The van der Waals surface area contributed by atoms with E-state index >= 15 is 0 Å².